The number of hydrogen-bond acceptors (Lipinski definition) is 3. The summed E-state index contributed by atoms with van der Waals surface area (Å²) in [7, 11) is 0. The lowest BCUT2D eigenvalue weighted by atomic mass is 10.0. The first-order valence-electron chi connectivity index (χ1n) is 9.10. The third-order valence-electron chi connectivity index (χ3n) is 4.46. The fourth-order valence-electron chi connectivity index (χ4n) is 3.12. The van der Waals surface area contributed by atoms with Crippen molar-refractivity contribution in [3.63, 3.8) is 0 Å². The molecule has 1 atom stereocenters. The van der Waals surface area contributed by atoms with Gasteiger partial charge in [0.05, 0.1) is 17.1 Å². The number of amides is 1. The van der Waals surface area contributed by atoms with Gasteiger partial charge in [0.2, 0.25) is 5.91 Å². The van der Waals surface area contributed by atoms with E-state index < -0.39 is 0 Å². The van der Waals surface area contributed by atoms with E-state index >= 15 is 0 Å². The normalized spacial score (nSPS) is 11.5. The Morgan fingerprint density at radius 1 is 1.11 bits per heavy atom. The van der Waals surface area contributed by atoms with Crippen molar-refractivity contribution in [2.24, 2.45) is 5.92 Å². The summed E-state index contributed by atoms with van der Waals surface area (Å²) in [5.41, 5.74) is 9.61. The fraction of sp³-hybridized carbons (Fsp3) is 0.333. The Kier molecular flexibility index (Phi) is 9.29. The number of carbonyl (C=O) groups is 1. The van der Waals surface area contributed by atoms with E-state index in [1.165, 1.54) is 0 Å². The van der Waals surface area contributed by atoms with Gasteiger partial charge >= 0.3 is 0 Å². The highest BCUT2D eigenvalue weighted by Gasteiger charge is 2.19. The number of nitrogen functional groups attached to an aromatic ring is 1. The first kappa shape index (κ1) is 23.8. The van der Waals surface area contributed by atoms with Crippen molar-refractivity contribution in [1.29, 1.82) is 0 Å². The molecular weight excluding hydrogens is 395 g/mol. The molecule has 0 bridgehead atoms. The van der Waals surface area contributed by atoms with Crippen LogP contribution in [0.4, 0.5) is 5.69 Å². The predicted octanol–water partition coefficient (Wildman–Crippen LogP) is 4.82. The molecule has 7 heteroatoms. The molecule has 0 spiro atoms. The Hall–Kier alpha value is -2.24. The number of aromatic nitrogens is 2. The molecule has 5 nitrogen and oxygen atoms in total. The zero-order valence-electron chi connectivity index (χ0n) is 16.1. The van der Waals surface area contributed by atoms with Crippen LogP contribution in [0.2, 0.25) is 0 Å². The van der Waals surface area contributed by atoms with E-state index in [4.69, 9.17) is 5.73 Å². The highest BCUT2D eigenvalue weighted by Crippen LogP contribution is 2.22. The molecule has 0 fully saturated rings. The summed E-state index contributed by atoms with van der Waals surface area (Å²) in [6.45, 7) is 4.29. The number of benzene rings is 2. The Bertz CT molecular complexity index is 862. The third-order valence-corrected chi connectivity index (χ3v) is 4.46. The number of nitrogens with two attached hydrogens (primary N) is 1. The standard InChI is InChI=1S/C21H26N4O.2ClH/c1-14(2)13-19(21-24-17-9-5-6-10-18(17)25-21)23-20(26)12-11-15-7-3-4-8-16(15)22;;/h3-10,14,19H,11-13,22H2,1-2H3,(H,23,26)(H,24,25);2*1H. The molecule has 0 aliphatic carbocycles. The van der Waals surface area contributed by atoms with Crippen LogP contribution < -0.4 is 11.1 Å². The van der Waals surface area contributed by atoms with Gasteiger partial charge in [-0.2, -0.15) is 0 Å². The summed E-state index contributed by atoms with van der Waals surface area (Å²) in [4.78, 5) is 20.5. The number of nitrogens with one attached hydrogen (secondary N) is 2. The van der Waals surface area contributed by atoms with E-state index in [1.54, 1.807) is 0 Å². The van der Waals surface area contributed by atoms with Gasteiger partial charge in [-0.25, -0.2) is 4.98 Å². The second-order valence-corrected chi connectivity index (χ2v) is 7.09. The topological polar surface area (TPSA) is 83.8 Å². The van der Waals surface area contributed by atoms with Crippen molar-refractivity contribution in [2.45, 2.75) is 39.2 Å². The van der Waals surface area contributed by atoms with Gasteiger partial charge in [0.15, 0.2) is 0 Å². The lowest BCUT2D eigenvalue weighted by Crippen LogP contribution is -2.30. The summed E-state index contributed by atoms with van der Waals surface area (Å²) in [5, 5.41) is 3.14. The molecule has 2 aromatic carbocycles. The number of rotatable bonds is 7. The van der Waals surface area contributed by atoms with E-state index in [-0.39, 0.29) is 36.8 Å². The molecule has 3 rings (SSSR count). The maximum atomic E-state index is 12.5. The Labute approximate surface area is 178 Å². The number of H-pyrrole nitrogens is 1. The lowest BCUT2D eigenvalue weighted by Gasteiger charge is -2.19. The van der Waals surface area contributed by atoms with Crippen molar-refractivity contribution in [1.82, 2.24) is 15.3 Å². The van der Waals surface area contributed by atoms with Crippen molar-refractivity contribution < 1.29 is 4.79 Å². The van der Waals surface area contributed by atoms with Crippen LogP contribution in [-0.4, -0.2) is 15.9 Å². The largest absolute Gasteiger partial charge is 0.399 e. The molecule has 0 saturated carbocycles. The number of imidazole rings is 1. The molecule has 152 valence electrons. The molecule has 28 heavy (non-hydrogen) atoms. The molecule has 0 radical (unpaired) electrons. The predicted molar refractivity (Wildman–Crippen MR) is 120 cm³/mol. The van der Waals surface area contributed by atoms with Gasteiger partial charge in [0.1, 0.15) is 5.82 Å². The van der Waals surface area contributed by atoms with Crippen molar-refractivity contribution in [3.05, 3.63) is 59.9 Å². The van der Waals surface area contributed by atoms with Gasteiger partial charge in [-0.05, 0) is 42.5 Å². The maximum Gasteiger partial charge on any atom is 0.220 e. The minimum absolute atomic E-state index is 0. The molecular formula is C21H28Cl2N4O. The SMILES string of the molecule is CC(C)CC(NC(=O)CCc1ccccc1N)c1nc2ccccc2[nH]1.Cl.Cl. The minimum atomic E-state index is -0.122. The molecule has 1 amide bonds. The van der Waals surface area contributed by atoms with Crippen LogP contribution in [0.1, 0.15) is 44.1 Å². The van der Waals surface area contributed by atoms with Gasteiger partial charge in [-0.1, -0.05) is 44.2 Å². The van der Waals surface area contributed by atoms with Gasteiger partial charge < -0.3 is 16.0 Å². The van der Waals surface area contributed by atoms with Crippen molar-refractivity contribution in [2.75, 3.05) is 5.73 Å². The molecule has 4 N–H and O–H groups in total. The fourth-order valence-corrected chi connectivity index (χ4v) is 3.12. The van der Waals surface area contributed by atoms with Crippen LogP contribution in [-0.2, 0) is 11.2 Å². The maximum absolute atomic E-state index is 12.5. The number of aromatic amines is 1. The third kappa shape index (κ3) is 6.14. The summed E-state index contributed by atoms with van der Waals surface area (Å²) in [6.07, 6.45) is 1.87. The van der Waals surface area contributed by atoms with Crippen LogP contribution >= 0.6 is 24.8 Å². The van der Waals surface area contributed by atoms with Crippen LogP contribution in [0.5, 0.6) is 0 Å². The second kappa shape index (κ2) is 10.9. The number of aryl methyl sites for hydroxylation is 1. The van der Waals surface area contributed by atoms with E-state index in [2.05, 4.69) is 29.1 Å². The van der Waals surface area contributed by atoms with Crippen LogP contribution in [0, 0.1) is 5.92 Å². The average Bonchev–Trinajstić information content (AvgIpc) is 3.04. The summed E-state index contributed by atoms with van der Waals surface area (Å²) >= 11 is 0. The van der Waals surface area contributed by atoms with E-state index in [0.29, 0.717) is 18.8 Å². The molecule has 1 unspecified atom stereocenters. The van der Waals surface area contributed by atoms with Gasteiger partial charge in [0, 0.05) is 12.1 Å². The highest BCUT2D eigenvalue weighted by molar-refractivity contribution is 5.85. The number of hydrogen-bond donors (Lipinski definition) is 3. The molecule has 0 aliphatic rings. The lowest BCUT2D eigenvalue weighted by molar-refractivity contribution is -0.122. The van der Waals surface area contributed by atoms with Gasteiger partial charge in [0.25, 0.3) is 0 Å². The zero-order chi connectivity index (χ0) is 18.5. The number of halogens is 2. The average molecular weight is 423 g/mol. The summed E-state index contributed by atoms with van der Waals surface area (Å²) in [5.74, 6) is 1.27. The minimum Gasteiger partial charge on any atom is -0.399 e. The number of anilines is 1. The summed E-state index contributed by atoms with van der Waals surface area (Å²) < 4.78 is 0. The van der Waals surface area contributed by atoms with E-state index in [1.807, 2.05) is 48.5 Å². The van der Waals surface area contributed by atoms with Crippen LogP contribution in [0.15, 0.2) is 48.5 Å². The highest BCUT2D eigenvalue weighted by atomic mass is 35.5. The van der Waals surface area contributed by atoms with E-state index in [9.17, 15) is 4.79 Å². The number of para-hydroxylation sites is 3. The van der Waals surface area contributed by atoms with Gasteiger partial charge in [-0.15, -0.1) is 24.8 Å². The molecule has 0 saturated heterocycles. The van der Waals surface area contributed by atoms with Crippen molar-refractivity contribution >= 4 is 47.4 Å². The first-order chi connectivity index (χ1) is 12.5. The molecule has 1 aromatic heterocycles. The summed E-state index contributed by atoms with van der Waals surface area (Å²) in [6, 6.07) is 15.5. The Balaban J connectivity index is 0.00000196. The Morgan fingerprint density at radius 3 is 2.46 bits per heavy atom. The number of nitrogens with zero attached hydrogens (tertiary/aromatic N) is 1. The smallest absolute Gasteiger partial charge is 0.220 e. The number of fused-ring (bicyclic) bond motifs is 1. The monoisotopic (exact) mass is 422 g/mol. The van der Waals surface area contributed by atoms with Crippen LogP contribution in [0.25, 0.3) is 11.0 Å². The quantitative estimate of drug-likeness (QED) is 0.476. The zero-order valence-corrected chi connectivity index (χ0v) is 17.8. The van der Waals surface area contributed by atoms with Gasteiger partial charge in [-0.3, -0.25) is 4.79 Å². The molecule has 0 aliphatic heterocycles. The molecule has 1 heterocycles. The van der Waals surface area contributed by atoms with Crippen molar-refractivity contribution in [3.8, 4) is 0 Å². The van der Waals surface area contributed by atoms with Crippen LogP contribution in [0.3, 0.4) is 0 Å². The first-order valence-corrected chi connectivity index (χ1v) is 9.10. The number of carbonyl (C=O) groups excluding carboxylic acids is 1. The van der Waals surface area contributed by atoms with E-state index in [0.717, 1.165) is 34.5 Å². The molecule has 3 aromatic rings. The second-order valence-electron chi connectivity index (χ2n) is 7.09. The Morgan fingerprint density at radius 2 is 1.79 bits per heavy atom.